The molecule has 20 heavy (non-hydrogen) atoms. The minimum atomic E-state index is 0.579. The first-order chi connectivity index (χ1) is 9.78. The number of halogens is 2. The molecule has 0 amide bonds. The fourth-order valence-corrected chi connectivity index (χ4v) is 2.83. The first-order valence-electron chi connectivity index (χ1n) is 6.44. The Kier molecular flexibility index (Phi) is 4.08. The van der Waals surface area contributed by atoms with Gasteiger partial charge in [0.1, 0.15) is 5.82 Å². The summed E-state index contributed by atoms with van der Waals surface area (Å²) in [4.78, 5) is 8.75. The van der Waals surface area contributed by atoms with E-state index in [1.807, 2.05) is 24.7 Å². The lowest BCUT2D eigenvalue weighted by atomic mass is 10.3. The van der Waals surface area contributed by atoms with Crippen LogP contribution in [0.3, 0.4) is 0 Å². The highest BCUT2D eigenvalue weighted by molar-refractivity contribution is 9.10. The average Bonchev–Trinajstić information content (AvgIpc) is 3.04. The molecular formula is C14H14BrClN4. The van der Waals surface area contributed by atoms with E-state index in [2.05, 4.69) is 41.1 Å². The van der Waals surface area contributed by atoms with Crippen LogP contribution in [0.5, 0.6) is 0 Å². The molecule has 0 aliphatic carbocycles. The SMILES string of the molecule is ClCCc1nc2cc(Br)ccc2n1CCn1ccnc1. The molecule has 104 valence electrons. The summed E-state index contributed by atoms with van der Waals surface area (Å²) in [5.41, 5.74) is 2.15. The Morgan fingerprint density at radius 1 is 1.25 bits per heavy atom. The van der Waals surface area contributed by atoms with Crippen molar-refractivity contribution in [2.45, 2.75) is 19.5 Å². The van der Waals surface area contributed by atoms with Crippen molar-refractivity contribution in [3.05, 3.63) is 47.2 Å². The smallest absolute Gasteiger partial charge is 0.111 e. The second-order valence-electron chi connectivity index (χ2n) is 4.55. The summed E-state index contributed by atoms with van der Waals surface area (Å²) in [6.07, 6.45) is 6.37. The standard InChI is InChI=1S/C14H14BrClN4/c15-11-1-2-13-12(9-11)18-14(3-4-16)20(13)8-7-19-6-5-17-10-19/h1-2,5-6,9-10H,3-4,7-8H2. The maximum atomic E-state index is 5.89. The van der Waals surface area contributed by atoms with E-state index in [9.17, 15) is 0 Å². The molecule has 0 bridgehead atoms. The lowest BCUT2D eigenvalue weighted by molar-refractivity contribution is 0.572. The van der Waals surface area contributed by atoms with Gasteiger partial charge in [-0.2, -0.15) is 0 Å². The number of hydrogen-bond donors (Lipinski definition) is 0. The molecule has 3 aromatic rings. The van der Waals surface area contributed by atoms with Crippen LogP contribution in [0.4, 0.5) is 0 Å². The quantitative estimate of drug-likeness (QED) is 0.658. The van der Waals surface area contributed by atoms with Crippen LogP contribution in [0, 0.1) is 0 Å². The minimum Gasteiger partial charge on any atom is -0.336 e. The van der Waals surface area contributed by atoms with E-state index in [0.29, 0.717) is 5.88 Å². The van der Waals surface area contributed by atoms with E-state index in [4.69, 9.17) is 11.6 Å². The molecule has 0 fully saturated rings. The molecule has 2 aromatic heterocycles. The highest BCUT2D eigenvalue weighted by Gasteiger charge is 2.10. The molecule has 0 saturated heterocycles. The number of alkyl halides is 1. The minimum absolute atomic E-state index is 0.579. The number of nitrogens with zero attached hydrogens (tertiary/aromatic N) is 4. The van der Waals surface area contributed by atoms with Crippen molar-refractivity contribution in [1.29, 1.82) is 0 Å². The van der Waals surface area contributed by atoms with Crippen molar-refractivity contribution in [1.82, 2.24) is 19.1 Å². The van der Waals surface area contributed by atoms with Crippen LogP contribution >= 0.6 is 27.5 Å². The maximum Gasteiger partial charge on any atom is 0.111 e. The zero-order chi connectivity index (χ0) is 13.9. The van der Waals surface area contributed by atoms with Gasteiger partial charge in [0.25, 0.3) is 0 Å². The van der Waals surface area contributed by atoms with Crippen molar-refractivity contribution in [2.75, 3.05) is 5.88 Å². The number of aryl methyl sites for hydroxylation is 3. The van der Waals surface area contributed by atoms with Crippen LogP contribution in [-0.2, 0) is 19.5 Å². The first kappa shape index (κ1) is 13.6. The van der Waals surface area contributed by atoms with Crippen molar-refractivity contribution in [2.24, 2.45) is 0 Å². The summed E-state index contributed by atoms with van der Waals surface area (Å²) < 4.78 is 5.35. The van der Waals surface area contributed by atoms with Gasteiger partial charge >= 0.3 is 0 Å². The third-order valence-corrected chi connectivity index (χ3v) is 3.93. The number of benzene rings is 1. The van der Waals surface area contributed by atoms with Crippen molar-refractivity contribution in [3.8, 4) is 0 Å². The second kappa shape index (κ2) is 5.97. The van der Waals surface area contributed by atoms with Gasteiger partial charge in [-0.3, -0.25) is 0 Å². The Labute approximate surface area is 130 Å². The molecule has 0 saturated carbocycles. The summed E-state index contributed by atoms with van der Waals surface area (Å²) >= 11 is 9.38. The summed E-state index contributed by atoms with van der Waals surface area (Å²) in [5.74, 6) is 1.61. The zero-order valence-corrected chi connectivity index (χ0v) is 13.2. The molecular weight excluding hydrogens is 340 g/mol. The summed E-state index contributed by atoms with van der Waals surface area (Å²) in [6.45, 7) is 1.73. The largest absolute Gasteiger partial charge is 0.336 e. The topological polar surface area (TPSA) is 35.6 Å². The monoisotopic (exact) mass is 352 g/mol. The van der Waals surface area contributed by atoms with Gasteiger partial charge in [-0.1, -0.05) is 15.9 Å². The van der Waals surface area contributed by atoms with Crippen LogP contribution in [0.2, 0.25) is 0 Å². The van der Waals surface area contributed by atoms with E-state index in [1.165, 1.54) is 0 Å². The summed E-state index contributed by atoms with van der Waals surface area (Å²) in [6, 6.07) is 6.18. The van der Waals surface area contributed by atoms with Crippen molar-refractivity contribution < 1.29 is 0 Å². The first-order valence-corrected chi connectivity index (χ1v) is 7.77. The molecule has 4 nitrogen and oxygen atoms in total. The highest BCUT2D eigenvalue weighted by atomic mass is 79.9. The second-order valence-corrected chi connectivity index (χ2v) is 5.85. The molecule has 0 aliphatic heterocycles. The Morgan fingerprint density at radius 2 is 2.15 bits per heavy atom. The molecule has 0 atom stereocenters. The molecule has 0 aliphatic rings. The van der Waals surface area contributed by atoms with Crippen molar-refractivity contribution >= 4 is 38.6 Å². The van der Waals surface area contributed by atoms with E-state index in [0.717, 1.165) is 40.8 Å². The number of aromatic nitrogens is 4. The highest BCUT2D eigenvalue weighted by Crippen LogP contribution is 2.21. The third kappa shape index (κ3) is 2.74. The molecule has 0 N–H and O–H groups in total. The Morgan fingerprint density at radius 3 is 2.90 bits per heavy atom. The number of fused-ring (bicyclic) bond motifs is 1. The Hall–Kier alpha value is -1.33. The summed E-state index contributed by atoms with van der Waals surface area (Å²) in [5, 5.41) is 0. The molecule has 0 spiro atoms. The number of hydrogen-bond acceptors (Lipinski definition) is 2. The molecule has 6 heteroatoms. The van der Waals surface area contributed by atoms with E-state index in [1.54, 1.807) is 6.20 Å². The van der Waals surface area contributed by atoms with Gasteiger partial charge in [-0.25, -0.2) is 9.97 Å². The van der Waals surface area contributed by atoms with Crippen LogP contribution in [0.25, 0.3) is 11.0 Å². The van der Waals surface area contributed by atoms with Gasteiger partial charge in [0.05, 0.1) is 17.4 Å². The fraction of sp³-hybridized carbons (Fsp3) is 0.286. The number of rotatable bonds is 5. The number of imidazole rings is 2. The van der Waals surface area contributed by atoms with Gasteiger partial charge in [0.15, 0.2) is 0 Å². The normalized spacial score (nSPS) is 11.3. The van der Waals surface area contributed by atoms with Crippen LogP contribution in [0.1, 0.15) is 5.82 Å². The molecule has 2 heterocycles. The average molecular weight is 354 g/mol. The van der Waals surface area contributed by atoms with Crippen molar-refractivity contribution in [3.63, 3.8) is 0 Å². The van der Waals surface area contributed by atoms with E-state index in [-0.39, 0.29) is 0 Å². The van der Waals surface area contributed by atoms with Gasteiger partial charge < -0.3 is 9.13 Å². The third-order valence-electron chi connectivity index (χ3n) is 3.25. The van der Waals surface area contributed by atoms with E-state index >= 15 is 0 Å². The fourth-order valence-electron chi connectivity index (χ4n) is 2.31. The summed E-state index contributed by atoms with van der Waals surface area (Å²) in [7, 11) is 0. The van der Waals surface area contributed by atoms with E-state index < -0.39 is 0 Å². The molecule has 1 aromatic carbocycles. The Balaban J connectivity index is 1.95. The van der Waals surface area contributed by atoms with Crippen LogP contribution < -0.4 is 0 Å². The Bertz CT molecular complexity index is 705. The maximum absolute atomic E-state index is 5.89. The van der Waals surface area contributed by atoms with Crippen LogP contribution in [-0.4, -0.2) is 25.0 Å². The lowest BCUT2D eigenvalue weighted by Crippen LogP contribution is -2.09. The molecule has 3 rings (SSSR count). The van der Waals surface area contributed by atoms with Gasteiger partial charge in [-0.15, -0.1) is 11.6 Å². The molecule has 0 unspecified atom stereocenters. The van der Waals surface area contributed by atoms with Gasteiger partial charge in [0, 0.05) is 42.3 Å². The van der Waals surface area contributed by atoms with Gasteiger partial charge in [-0.05, 0) is 18.2 Å². The lowest BCUT2D eigenvalue weighted by Gasteiger charge is -2.09. The van der Waals surface area contributed by atoms with Gasteiger partial charge in [0.2, 0.25) is 0 Å². The predicted octanol–water partition coefficient (Wildman–Crippen LogP) is 3.48. The predicted molar refractivity (Wildman–Crippen MR) is 84.1 cm³/mol. The molecule has 0 radical (unpaired) electrons. The van der Waals surface area contributed by atoms with Crippen LogP contribution in [0.15, 0.2) is 41.4 Å². The zero-order valence-electron chi connectivity index (χ0n) is 10.8.